The van der Waals surface area contributed by atoms with Crippen LogP contribution in [-0.4, -0.2) is 71.7 Å². The van der Waals surface area contributed by atoms with Gasteiger partial charge >= 0.3 is 11.8 Å². The number of rotatable bonds is 1. The normalized spacial score (nSPS) is 18.9. The standard InChI is InChI=1S/C16H21N3O4/c20-14(13-4-11-23-12-13)18-7-3-8-19(10-9-18)16(22)15(21)17-5-1-2-6-17/h4,11-12H,1-3,5-10H2. The molecule has 3 heterocycles. The van der Waals surface area contributed by atoms with Crippen LogP contribution >= 0.6 is 0 Å². The van der Waals surface area contributed by atoms with Gasteiger partial charge in [-0.2, -0.15) is 0 Å². The first-order chi connectivity index (χ1) is 11.2. The van der Waals surface area contributed by atoms with Crippen LogP contribution < -0.4 is 0 Å². The molecule has 7 heteroatoms. The molecule has 0 saturated carbocycles. The summed E-state index contributed by atoms with van der Waals surface area (Å²) >= 11 is 0. The molecule has 124 valence electrons. The SMILES string of the molecule is O=C(C(=O)N1CCCN(C(=O)c2ccoc2)CC1)N1CCCC1. The predicted octanol–water partition coefficient (Wildman–Crippen LogP) is 0.576. The van der Waals surface area contributed by atoms with E-state index in [1.54, 1.807) is 20.8 Å². The molecule has 2 aliphatic rings. The fourth-order valence-electron chi connectivity index (χ4n) is 3.08. The van der Waals surface area contributed by atoms with Crippen LogP contribution in [0.3, 0.4) is 0 Å². The van der Waals surface area contributed by atoms with Crippen LogP contribution in [0.2, 0.25) is 0 Å². The maximum absolute atomic E-state index is 12.4. The van der Waals surface area contributed by atoms with E-state index in [1.165, 1.54) is 12.5 Å². The van der Waals surface area contributed by atoms with Gasteiger partial charge in [0.2, 0.25) is 0 Å². The molecular weight excluding hydrogens is 298 g/mol. The van der Waals surface area contributed by atoms with Gasteiger partial charge in [0.15, 0.2) is 0 Å². The van der Waals surface area contributed by atoms with Crippen molar-refractivity contribution >= 4 is 17.7 Å². The highest BCUT2D eigenvalue weighted by atomic mass is 16.3. The fraction of sp³-hybridized carbons (Fsp3) is 0.562. The van der Waals surface area contributed by atoms with Crippen molar-refractivity contribution in [3.8, 4) is 0 Å². The Labute approximate surface area is 134 Å². The molecule has 3 amide bonds. The van der Waals surface area contributed by atoms with Crippen molar-refractivity contribution in [2.24, 2.45) is 0 Å². The van der Waals surface area contributed by atoms with Crippen LogP contribution in [-0.2, 0) is 9.59 Å². The molecule has 1 aromatic rings. The Hall–Kier alpha value is -2.31. The fourth-order valence-corrected chi connectivity index (χ4v) is 3.08. The zero-order valence-electron chi connectivity index (χ0n) is 13.1. The third kappa shape index (κ3) is 3.38. The topological polar surface area (TPSA) is 74.1 Å². The maximum atomic E-state index is 12.4. The Kier molecular flexibility index (Phi) is 4.64. The van der Waals surface area contributed by atoms with Gasteiger partial charge in [-0.1, -0.05) is 0 Å². The summed E-state index contributed by atoms with van der Waals surface area (Å²) in [5.41, 5.74) is 0.512. The molecule has 0 unspecified atom stereocenters. The molecule has 0 aromatic carbocycles. The van der Waals surface area contributed by atoms with Gasteiger partial charge in [-0.3, -0.25) is 14.4 Å². The zero-order valence-corrected chi connectivity index (χ0v) is 13.1. The number of hydrogen-bond donors (Lipinski definition) is 0. The Bertz CT molecular complexity index is 578. The number of carbonyl (C=O) groups is 3. The van der Waals surface area contributed by atoms with Gasteiger partial charge in [0.1, 0.15) is 6.26 Å². The lowest BCUT2D eigenvalue weighted by Crippen LogP contribution is -2.45. The van der Waals surface area contributed by atoms with Gasteiger partial charge in [-0.25, -0.2) is 0 Å². The van der Waals surface area contributed by atoms with Gasteiger partial charge in [-0.05, 0) is 25.3 Å². The molecule has 0 aliphatic carbocycles. The van der Waals surface area contributed by atoms with E-state index in [2.05, 4.69) is 0 Å². The molecule has 0 radical (unpaired) electrons. The summed E-state index contributed by atoms with van der Waals surface area (Å²) in [4.78, 5) is 41.8. The van der Waals surface area contributed by atoms with Gasteiger partial charge in [-0.15, -0.1) is 0 Å². The van der Waals surface area contributed by atoms with Crippen molar-refractivity contribution < 1.29 is 18.8 Å². The van der Waals surface area contributed by atoms with Crippen molar-refractivity contribution in [2.45, 2.75) is 19.3 Å². The highest BCUT2D eigenvalue weighted by Crippen LogP contribution is 2.12. The van der Waals surface area contributed by atoms with Crippen LogP contribution in [0.15, 0.2) is 23.0 Å². The lowest BCUT2D eigenvalue weighted by atomic mass is 10.3. The van der Waals surface area contributed by atoms with Crippen LogP contribution in [0.1, 0.15) is 29.6 Å². The smallest absolute Gasteiger partial charge is 0.312 e. The summed E-state index contributed by atoms with van der Waals surface area (Å²) in [7, 11) is 0. The van der Waals surface area contributed by atoms with E-state index in [9.17, 15) is 14.4 Å². The van der Waals surface area contributed by atoms with Crippen LogP contribution in [0.4, 0.5) is 0 Å². The van der Waals surface area contributed by atoms with E-state index in [4.69, 9.17) is 4.42 Å². The summed E-state index contributed by atoms with van der Waals surface area (Å²) in [5.74, 6) is -0.944. The third-order valence-electron chi connectivity index (χ3n) is 4.41. The summed E-state index contributed by atoms with van der Waals surface area (Å²) in [6, 6.07) is 1.63. The van der Waals surface area contributed by atoms with Gasteiger partial charge in [0.25, 0.3) is 5.91 Å². The summed E-state index contributed by atoms with van der Waals surface area (Å²) in [5, 5.41) is 0. The molecule has 0 bridgehead atoms. The number of amides is 3. The molecule has 1 aromatic heterocycles. The number of likely N-dealkylation sites (tertiary alicyclic amines) is 1. The molecule has 7 nitrogen and oxygen atoms in total. The number of nitrogens with zero attached hydrogens (tertiary/aromatic N) is 3. The Morgan fingerprint density at radius 3 is 2.00 bits per heavy atom. The monoisotopic (exact) mass is 319 g/mol. The first-order valence-electron chi connectivity index (χ1n) is 8.06. The van der Waals surface area contributed by atoms with Crippen molar-refractivity contribution in [3.05, 3.63) is 24.2 Å². The van der Waals surface area contributed by atoms with E-state index in [0.717, 1.165) is 12.8 Å². The van der Waals surface area contributed by atoms with E-state index in [0.29, 0.717) is 51.3 Å². The van der Waals surface area contributed by atoms with Gasteiger partial charge < -0.3 is 19.1 Å². The first-order valence-corrected chi connectivity index (χ1v) is 8.06. The minimum Gasteiger partial charge on any atom is -0.472 e. The summed E-state index contributed by atoms with van der Waals surface area (Å²) < 4.78 is 4.94. The molecule has 0 spiro atoms. The van der Waals surface area contributed by atoms with E-state index >= 15 is 0 Å². The highest BCUT2D eigenvalue weighted by molar-refractivity contribution is 6.34. The molecular formula is C16H21N3O4. The quantitative estimate of drug-likeness (QED) is 0.710. The average Bonchev–Trinajstić information content (AvgIpc) is 3.23. The van der Waals surface area contributed by atoms with Crippen molar-refractivity contribution in [1.29, 1.82) is 0 Å². The molecule has 23 heavy (non-hydrogen) atoms. The predicted molar refractivity (Wildman–Crippen MR) is 81.6 cm³/mol. The largest absolute Gasteiger partial charge is 0.472 e. The minimum absolute atomic E-state index is 0.0982. The van der Waals surface area contributed by atoms with E-state index in [1.807, 2.05) is 0 Å². The molecule has 3 rings (SSSR count). The second-order valence-electron chi connectivity index (χ2n) is 5.95. The number of carbonyl (C=O) groups excluding carboxylic acids is 3. The first kappa shape index (κ1) is 15.6. The lowest BCUT2D eigenvalue weighted by molar-refractivity contribution is -0.151. The Morgan fingerprint density at radius 2 is 1.35 bits per heavy atom. The number of furan rings is 1. The van der Waals surface area contributed by atoms with E-state index in [-0.39, 0.29) is 5.91 Å². The highest BCUT2D eigenvalue weighted by Gasteiger charge is 2.30. The van der Waals surface area contributed by atoms with Gasteiger partial charge in [0, 0.05) is 39.3 Å². The number of hydrogen-bond acceptors (Lipinski definition) is 4. The summed E-state index contributed by atoms with van der Waals surface area (Å²) in [6.45, 7) is 3.25. The Morgan fingerprint density at radius 1 is 0.783 bits per heavy atom. The van der Waals surface area contributed by atoms with Crippen molar-refractivity contribution in [1.82, 2.24) is 14.7 Å². The summed E-state index contributed by atoms with van der Waals surface area (Å²) in [6.07, 6.45) is 5.49. The maximum Gasteiger partial charge on any atom is 0.312 e. The second kappa shape index (κ2) is 6.85. The van der Waals surface area contributed by atoms with E-state index < -0.39 is 11.8 Å². The average molecular weight is 319 g/mol. The lowest BCUT2D eigenvalue weighted by Gasteiger charge is -2.23. The third-order valence-corrected chi connectivity index (χ3v) is 4.41. The molecule has 2 saturated heterocycles. The molecule has 0 N–H and O–H groups in total. The van der Waals surface area contributed by atoms with Crippen LogP contribution in [0, 0.1) is 0 Å². The zero-order chi connectivity index (χ0) is 16.2. The van der Waals surface area contributed by atoms with Crippen molar-refractivity contribution in [2.75, 3.05) is 39.3 Å². The van der Waals surface area contributed by atoms with Gasteiger partial charge in [0.05, 0.1) is 11.8 Å². The van der Waals surface area contributed by atoms with Crippen LogP contribution in [0.5, 0.6) is 0 Å². The van der Waals surface area contributed by atoms with Crippen molar-refractivity contribution in [3.63, 3.8) is 0 Å². The van der Waals surface area contributed by atoms with Crippen LogP contribution in [0.25, 0.3) is 0 Å². The molecule has 2 fully saturated rings. The molecule has 0 atom stereocenters. The minimum atomic E-state index is -0.440. The second-order valence-corrected chi connectivity index (χ2v) is 5.95. The Balaban J connectivity index is 1.58. The molecule has 2 aliphatic heterocycles.